The zero-order valence-electron chi connectivity index (χ0n) is 11.9. The Kier molecular flexibility index (Phi) is 2.99. The summed E-state index contributed by atoms with van der Waals surface area (Å²) in [6.07, 6.45) is 4.61. The quantitative estimate of drug-likeness (QED) is 0.875. The summed E-state index contributed by atoms with van der Waals surface area (Å²) in [7, 11) is 0. The van der Waals surface area contributed by atoms with Crippen molar-refractivity contribution < 1.29 is 14.6 Å². The molecule has 2 heterocycles. The summed E-state index contributed by atoms with van der Waals surface area (Å²) in [5, 5.41) is 12.1. The van der Waals surface area contributed by atoms with E-state index in [1.54, 1.807) is 6.20 Å². The van der Waals surface area contributed by atoms with Gasteiger partial charge in [0.25, 0.3) is 0 Å². The molecule has 1 N–H and O–H groups in total. The summed E-state index contributed by atoms with van der Waals surface area (Å²) < 4.78 is 11.5. The van der Waals surface area contributed by atoms with Crippen LogP contribution in [0.2, 0.25) is 0 Å². The Hall–Kier alpha value is -1.49. The number of nitrogens with zero attached hydrogens (tertiary/aromatic N) is 1. The maximum absolute atomic E-state index is 11.0. The van der Waals surface area contributed by atoms with Crippen LogP contribution in [-0.2, 0) is 15.1 Å². The number of fused-ring (bicyclic) bond motifs is 1. The second-order valence-corrected chi connectivity index (χ2v) is 6.05. The topological polar surface area (TPSA) is 51.6 Å². The van der Waals surface area contributed by atoms with Crippen LogP contribution in [0.25, 0.3) is 10.9 Å². The van der Waals surface area contributed by atoms with Crippen LogP contribution in [0.15, 0.2) is 36.5 Å². The van der Waals surface area contributed by atoms with Crippen LogP contribution < -0.4 is 0 Å². The summed E-state index contributed by atoms with van der Waals surface area (Å²) in [4.78, 5) is 4.33. The Morgan fingerprint density at radius 2 is 1.76 bits per heavy atom. The highest BCUT2D eigenvalue weighted by molar-refractivity contribution is 5.79. The number of aromatic nitrogens is 1. The molecule has 4 nitrogen and oxygen atoms in total. The molecule has 1 saturated carbocycles. The summed E-state index contributed by atoms with van der Waals surface area (Å²) in [5.74, 6) is -0.440. The van der Waals surface area contributed by atoms with Gasteiger partial charge >= 0.3 is 0 Å². The van der Waals surface area contributed by atoms with E-state index >= 15 is 0 Å². The molecule has 1 spiro atoms. The number of benzene rings is 1. The van der Waals surface area contributed by atoms with Gasteiger partial charge in [-0.25, -0.2) is 0 Å². The first-order valence-corrected chi connectivity index (χ1v) is 7.55. The smallest absolute Gasteiger partial charge is 0.168 e. The third-order valence-electron chi connectivity index (χ3n) is 4.79. The SMILES string of the molecule is OC1(c2ccc3ncccc3c2)CCC2(CC1)OCCO2. The number of ether oxygens (including phenoxy) is 2. The van der Waals surface area contributed by atoms with Crippen LogP contribution in [0.4, 0.5) is 0 Å². The van der Waals surface area contributed by atoms with Crippen molar-refractivity contribution in [3.63, 3.8) is 0 Å². The first-order chi connectivity index (χ1) is 10.2. The van der Waals surface area contributed by atoms with Crippen molar-refractivity contribution in [2.45, 2.75) is 37.1 Å². The molecule has 1 saturated heterocycles. The van der Waals surface area contributed by atoms with E-state index < -0.39 is 11.4 Å². The molecule has 1 aromatic carbocycles. The minimum atomic E-state index is -0.787. The van der Waals surface area contributed by atoms with E-state index in [1.807, 2.05) is 24.3 Å². The molecule has 0 amide bonds. The maximum atomic E-state index is 11.0. The minimum absolute atomic E-state index is 0.440. The van der Waals surface area contributed by atoms with Crippen LogP contribution >= 0.6 is 0 Å². The Morgan fingerprint density at radius 1 is 1.00 bits per heavy atom. The Bertz CT molecular complexity index is 654. The van der Waals surface area contributed by atoms with Gasteiger partial charge in [-0.2, -0.15) is 0 Å². The van der Waals surface area contributed by atoms with Gasteiger partial charge < -0.3 is 14.6 Å². The van der Waals surface area contributed by atoms with Gasteiger partial charge in [-0.3, -0.25) is 4.98 Å². The molecular formula is C17H19NO3. The lowest BCUT2D eigenvalue weighted by Gasteiger charge is -2.40. The zero-order chi connectivity index (χ0) is 14.3. The lowest BCUT2D eigenvalue weighted by molar-refractivity contribution is -0.204. The number of pyridine rings is 1. The average Bonchev–Trinajstić information content (AvgIpc) is 2.99. The van der Waals surface area contributed by atoms with E-state index in [4.69, 9.17) is 9.47 Å². The molecule has 2 aliphatic rings. The molecule has 4 rings (SSSR count). The fraction of sp³-hybridized carbons (Fsp3) is 0.471. The van der Waals surface area contributed by atoms with Gasteiger partial charge in [0.15, 0.2) is 5.79 Å². The first kappa shape index (κ1) is 13.2. The summed E-state index contributed by atoms with van der Waals surface area (Å²) in [6, 6.07) is 9.98. The number of rotatable bonds is 1. The minimum Gasteiger partial charge on any atom is -0.385 e. The molecule has 0 unspecified atom stereocenters. The van der Waals surface area contributed by atoms with Gasteiger partial charge in [-0.1, -0.05) is 12.1 Å². The molecule has 4 heteroatoms. The van der Waals surface area contributed by atoms with Crippen LogP contribution in [0.1, 0.15) is 31.2 Å². The van der Waals surface area contributed by atoms with Gasteiger partial charge in [-0.05, 0) is 36.6 Å². The lowest BCUT2D eigenvalue weighted by atomic mass is 9.77. The van der Waals surface area contributed by atoms with Crippen molar-refractivity contribution in [2.75, 3.05) is 13.2 Å². The van der Waals surface area contributed by atoms with E-state index in [2.05, 4.69) is 11.1 Å². The molecule has 2 aromatic rings. The van der Waals surface area contributed by atoms with Gasteiger partial charge in [0.2, 0.25) is 0 Å². The molecule has 0 radical (unpaired) electrons. The second-order valence-electron chi connectivity index (χ2n) is 6.05. The van der Waals surface area contributed by atoms with Crippen LogP contribution in [0, 0.1) is 0 Å². The van der Waals surface area contributed by atoms with E-state index in [9.17, 15) is 5.11 Å². The third-order valence-corrected chi connectivity index (χ3v) is 4.79. The highest BCUT2D eigenvalue weighted by Gasteiger charge is 2.46. The second kappa shape index (κ2) is 4.77. The molecule has 110 valence electrons. The van der Waals surface area contributed by atoms with Crippen LogP contribution in [-0.4, -0.2) is 29.1 Å². The van der Waals surface area contributed by atoms with Crippen LogP contribution in [0.3, 0.4) is 0 Å². The molecule has 1 aliphatic heterocycles. The molecule has 0 bridgehead atoms. The molecule has 21 heavy (non-hydrogen) atoms. The van der Waals surface area contributed by atoms with Gasteiger partial charge in [-0.15, -0.1) is 0 Å². The predicted octanol–water partition coefficient (Wildman–Crippen LogP) is 2.74. The third kappa shape index (κ3) is 2.24. The van der Waals surface area contributed by atoms with Crippen molar-refractivity contribution >= 4 is 10.9 Å². The maximum Gasteiger partial charge on any atom is 0.168 e. The number of aliphatic hydroxyl groups is 1. The molecule has 1 aromatic heterocycles. The predicted molar refractivity (Wildman–Crippen MR) is 78.7 cm³/mol. The van der Waals surface area contributed by atoms with Crippen molar-refractivity contribution in [1.82, 2.24) is 4.98 Å². The first-order valence-electron chi connectivity index (χ1n) is 7.55. The summed E-state index contributed by atoms with van der Waals surface area (Å²) in [5.41, 5.74) is 1.14. The fourth-order valence-electron chi connectivity index (χ4n) is 3.48. The molecule has 2 fully saturated rings. The highest BCUT2D eigenvalue weighted by Crippen LogP contribution is 2.45. The van der Waals surface area contributed by atoms with E-state index in [0.29, 0.717) is 26.1 Å². The van der Waals surface area contributed by atoms with E-state index in [1.165, 1.54) is 0 Å². The normalized spacial score (nSPS) is 23.7. The average molecular weight is 285 g/mol. The van der Waals surface area contributed by atoms with Crippen molar-refractivity contribution in [2.24, 2.45) is 0 Å². The molecular weight excluding hydrogens is 266 g/mol. The number of hydrogen-bond donors (Lipinski definition) is 1. The molecule has 1 aliphatic carbocycles. The monoisotopic (exact) mass is 285 g/mol. The van der Waals surface area contributed by atoms with Crippen molar-refractivity contribution in [3.8, 4) is 0 Å². The zero-order valence-corrected chi connectivity index (χ0v) is 11.9. The van der Waals surface area contributed by atoms with Gasteiger partial charge in [0.1, 0.15) is 0 Å². The fourth-order valence-corrected chi connectivity index (χ4v) is 3.48. The Balaban J connectivity index is 1.62. The Morgan fingerprint density at radius 3 is 2.52 bits per heavy atom. The van der Waals surface area contributed by atoms with Gasteiger partial charge in [0.05, 0.1) is 24.3 Å². The standard InChI is InChI=1S/C17H19NO3/c19-16(5-7-17(8-6-16)20-10-11-21-17)14-3-4-15-13(12-14)2-1-9-18-15/h1-4,9,12,19H,5-8,10-11H2. The summed E-state index contributed by atoms with van der Waals surface area (Å²) >= 11 is 0. The highest BCUT2D eigenvalue weighted by atomic mass is 16.7. The lowest BCUT2D eigenvalue weighted by Crippen LogP contribution is -2.42. The number of hydrogen-bond acceptors (Lipinski definition) is 4. The van der Waals surface area contributed by atoms with Crippen molar-refractivity contribution in [3.05, 3.63) is 42.1 Å². The van der Waals surface area contributed by atoms with Crippen molar-refractivity contribution in [1.29, 1.82) is 0 Å². The summed E-state index contributed by atoms with van der Waals surface area (Å²) in [6.45, 7) is 1.33. The largest absolute Gasteiger partial charge is 0.385 e. The Labute approximate surface area is 123 Å². The van der Waals surface area contributed by atoms with Gasteiger partial charge in [0, 0.05) is 24.4 Å². The van der Waals surface area contributed by atoms with Crippen LogP contribution in [0.5, 0.6) is 0 Å². The van der Waals surface area contributed by atoms with E-state index in [-0.39, 0.29) is 0 Å². The molecule has 0 atom stereocenters. The van der Waals surface area contributed by atoms with E-state index in [0.717, 1.165) is 29.3 Å².